The number of esters is 1. The van der Waals surface area contributed by atoms with Crippen LogP contribution in [0.1, 0.15) is 75.0 Å². The van der Waals surface area contributed by atoms with Crippen LogP contribution in [0.4, 0.5) is 16.2 Å². The molecule has 4 aliphatic rings. The predicted octanol–water partition coefficient (Wildman–Crippen LogP) is 5.73. The molecule has 0 unspecified atom stereocenters. The lowest BCUT2D eigenvalue weighted by Crippen LogP contribution is -2.65. The average molecular weight is 684 g/mol. The van der Waals surface area contributed by atoms with Crippen molar-refractivity contribution in [3.63, 3.8) is 0 Å². The van der Waals surface area contributed by atoms with Crippen LogP contribution in [-0.2, 0) is 4.74 Å². The van der Waals surface area contributed by atoms with Crippen molar-refractivity contribution in [2.75, 3.05) is 43.0 Å². The monoisotopic (exact) mass is 683 g/mol. The summed E-state index contributed by atoms with van der Waals surface area (Å²) in [6, 6.07) is 5.58. The molecule has 4 aromatic rings. The van der Waals surface area contributed by atoms with Crippen LogP contribution in [0, 0.1) is 23.1 Å². The standard InChI is InChI=1S/C36H42FN9O4/c1-4-48-34(47)28-15-49-35(43-28)42-25-11-23(12-25)31(21(2)3)46-17-36(18-46)9-10-45(16-36)32-33(44-41-20-40-32)50-29-8-7-24(37)13-26(29)27-14-38-19-39-30(27)22-5-6-22/h7-8,13-15,19-23,25,31H,4-6,9-12,16-18H2,1-3H3,(H,42,43)/t23?,25?,31-/m1/s1. The number of oxazole rings is 1. The van der Waals surface area contributed by atoms with Gasteiger partial charge in [0, 0.05) is 66.9 Å². The highest BCUT2D eigenvalue weighted by Crippen LogP contribution is 2.49. The van der Waals surface area contributed by atoms with E-state index < -0.39 is 5.97 Å². The Morgan fingerprint density at radius 1 is 1.14 bits per heavy atom. The van der Waals surface area contributed by atoms with E-state index in [2.05, 4.69) is 59.1 Å². The maximum Gasteiger partial charge on any atom is 0.360 e. The summed E-state index contributed by atoms with van der Waals surface area (Å²) < 4.78 is 31.5. The largest absolute Gasteiger partial charge is 0.461 e. The third-order valence-corrected chi connectivity index (χ3v) is 10.6. The summed E-state index contributed by atoms with van der Waals surface area (Å²) in [5.74, 6) is 1.99. The highest BCUT2D eigenvalue weighted by atomic mass is 19.1. The van der Waals surface area contributed by atoms with Crippen molar-refractivity contribution in [2.24, 2.45) is 17.3 Å². The molecule has 4 fully saturated rings. The van der Waals surface area contributed by atoms with Gasteiger partial charge in [0.2, 0.25) is 0 Å². The van der Waals surface area contributed by atoms with E-state index in [1.807, 2.05) is 0 Å². The number of carbonyl (C=O) groups is 1. The van der Waals surface area contributed by atoms with Crippen LogP contribution >= 0.6 is 0 Å². The highest BCUT2D eigenvalue weighted by Gasteiger charge is 2.53. The summed E-state index contributed by atoms with van der Waals surface area (Å²) in [6.45, 7) is 10.4. The second kappa shape index (κ2) is 13.2. The molecule has 1 aromatic carbocycles. The summed E-state index contributed by atoms with van der Waals surface area (Å²) in [6.07, 6.45) is 11.3. The van der Waals surface area contributed by atoms with Gasteiger partial charge in [-0.25, -0.2) is 24.1 Å². The van der Waals surface area contributed by atoms with Crippen LogP contribution in [0.5, 0.6) is 11.6 Å². The summed E-state index contributed by atoms with van der Waals surface area (Å²) >= 11 is 0. The first kappa shape index (κ1) is 32.5. The summed E-state index contributed by atoms with van der Waals surface area (Å²) in [5, 5.41) is 11.7. The molecule has 1 spiro atoms. The number of anilines is 2. The smallest absolute Gasteiger partial charge is 0.360 e. The number of halogens is 1. The number of aromatic nitrogens is 6. The number of ether oxygens (including phenoxy) is 2. The maximum atomic E-state index is 14.6. The molecule has 8 rings (SSSR count). The first-order chi connectivity index (χ1) is 24.3. The van der Waals surface area contributed by atoms with Gasteiger partial charge in [0.1, 0.15) is 30.5 Å². The van der Waals surface area contributed by atoms with Crippen LogP contribution in [-0.4, -0.2) is 85.9 Å². The van der Waals surface area contributed by atoms with Gasteiger partial charge in [-0.1, -0.05) is 13.8 Å². The van der Waals surface area contributed by atoms with Crippen molar-refractivity contribution >= 4 is 17.8 Å². The zero-order valence-electron chi connectivity index (χ0n) is 28.6. The van der Waals surface area contributed by atoms with Crippen LogP contribution < -0.4 is 15.0 Å². The Kier molecular flexibility index (Phi) is 8.57. The Labute approximate surface area is 290 Å². The van der Waals surface area contributed by atoms with E-state index in [9.17, 15) is 9.18 Å². The Balaban J connectivity index is 0.909. The second-order valence-electron chi connectivity index (χ2n) is 14.6. The predicted molar refractivity (Wildman–Crippen MR) is 181 cm³/mol. The van der Waals surface area contributed by atoms with Crippen molar-refractivity contribution in [1.82, 2.24) is 35.0 Å². The third-order valence-electron chi connectivity index (χ3n) is 10.6. The molecule has 13 nitrogen and oxygen atoms in total. The molecule has 50 heavy (non-hydrogen) atoms. The van der Waals surface area contributed by atoms with Crippen LogP contribution in [0.2, 0.25) is 0 Å². The van der Waals surface area contributed by atoms with Gasteiger partial charge in [-0.15, -0.1) is 10.2 Å². The quantitative estimate of drug-likeness (QED) is 0.182. The lowest BCUT2D eigenvalue weighted by molar-refractivity contribution is -0.0657. The Morgan fingerprint density at radius 3 is 2.76 bits per heavy atom. The second-order valence-corrected chi connectivity index (χ2v) is 14.6. The Bertz CT molecular complexity index is 1850. The number of hydrogen-bond acceptors (Lipinski definition) is 13. The SMILES string of the molecule is CCOC(=O)c1coc(NC2CC([C@@H](C(C)C)N3CC4(CCN(c5ncnnc5Oc5ccc(F)cc5-c5cncnc5C5CC5)C4)C3)C2)n1. The van der Waals surface area contributed by atoms with E-state index >= 15 is 0 Å². The molecule has 2 saturated carbocycles. The fraction of sp³-hybridized carbons (Fsp3) is 0.528. The van der Waals surface area contributed by atoms with E-state index in [-0.39, 0.29) is 23.0 Å². The molecule has 0 bridgehead atoms. The molecule has 1 atom stereocenters. The van der Waals surface area contributed by atoms with Crippen molar-refractivity contribution in [1.29, 1.82) is 0 Å². The number of benzene rings is 1. The molecule has 5 heterocycles. The summed E-state index contributed by atoms with van der Waals surface area (Å²) in [4.78, 5) is 34.5. The van der Waals surface area contributed by atoms with Gasteiger partial charge in [-0.2, -0.15) is 4.98 Å². The number of hydrogen-bond donors (Lipinski definition) is 1. The normalized spacial score (nSPS) is 21.9. The third kappa shape index (κ3) is 6.36. The van der Waals surface area contributed by atoms with Gasteiger partial charge >= 0.3 is 5.97 Å². The number of carbonyl (C=O) groups excluding carboxylic acids is 1. The molecular weight excluding hydrogens is 641 g/mol. The van der Waals surface area contributed by atoms with E-state index in [1.165, 1.54) is 24.7 Å². The zero-order chi connectivity index (χ0) is 34.4. The fourth-order valence-electron chi connectivity index (χ4n) is 8.21. The van der Waals surface area contributed by atoms with Crippen LogP contribution in [0.3, 0.4) is 0 Å². The van der Waals surface area contributed by atoms with E-state index in [4.69, 9.17) is 13.9 Å². The van der Waals surface area contributed by atoms with Gasteiger partial charge in [-0.05, 0) is 69.1 Å². The number of likely N-dealkylation sites (tertiary alicyclic amines) is 1. The molecule has 262 valence electrons. The summed E-state index contributed by atoms with van der Waals surface area (Å²) in [7, 11) is 0. The zero-order valence-corrected chi connectivity index (χ0v) is 28.6. The minimum absolute atomic E-state index is 0.167. The fourth-order valence-corrected chi connectivity index (χ4v) is 8.21. The van der Waals surface area contributed by atoms with Gasteiger partial charge in [0.15, 0.2) is 11.5 Å². The molecule has 2 aliphatic heterocycles. The topological polar surface area (TPSA) is 145 Å². The molecule has 3 aromatic heterocycles. The van der Waals surface area contributed by atoms with Crippen molar-refractivity contribution < 1.29 is 23.1 Å². The maximum absolute atomic E-state index is 14.6. The number of rotatable bonds is 12. The first-order valence-corrected chi connectivity index (χ1v) is 17.6. The average Bonchev–Trinajstić information content (AvgIpc) is 3.65. The molecule has 0 amide bonds. The lowest BCUT2D eigenvalue weighted by atomic mass is 9.68. The Morgan fingerprint density at radius 2 is 1.98 bits per heavy atom. The molecular formula is C36H42FN9O4. The Hall–Kier alpha value is -4.72. The van der Waals surface area contributed by atoms with Gasteiger partial charge in [-0.3, -0.25) is 4.90 Å². The summed E-state index contributed by atoms with van der Waals surface area (Å²) in [5.41, 5.74) is 2.62. The van der Waals surface area contributed by atoms with E-state index in [0.29, 0.717) is 59.4 Å². The van der Waals surface area contributed by atoms with Crippen LogP contribution in [0.15, 0.2) is 47.7 Å². The van der Waals surface area contributed by atoms with Crippen LogP contribution in [0.25, 0.3) is 11.1 Å². The molecule has 1 N–H and O–H groups in total. The molecule has 14 heteroatoms. The van der Waals surface area contributed by atoms with E-state index in [0.717, 1.165) is 69.5 Å². The van der Waals surface area contributed by atoms with Gasteiger partial charge in [0.25, 0.3) is 11.9 Å². The molecule has 2 saturated heterocycles. The lowest BCUT2D eigenvalue weighted by Gasteiger charge is -2.56. The molecule has 2 aliphatic carbocycles. The highest BCUT2D eigenvalue weighted by molar-refractivity contribution is 5.87. The first-order valence-electron chi connectivity index (χ1n) is 17.6. The van der Waals surface area contributed by atoms with Gasteiger partial charge in [0.05, 0.1) is 12.3 Å². The van der Waals surface area contributed by atoms with Crippen molar-refractivity contribution in [2.45, 2.75) is 70.9 Å². The van der Waals surface area contributed by atoms with E-state index in [1.54, 1.807) is 25.5 Å². The molecule has 0 radical (unpaired) electrons. The minimum atomic E-state index is -0.476. The minimum Gasteiger partial charge on any atom is -0.461 e. The number of nitrogens with zero attached hydrogens (tertiary/aromatic N) is 8. The number of nitrogens with one attached hydrogen (secondary N) is 1. The van der Waals surface area contributed by atoms with Crippen molar-refractivity contribution in [3.8, 4) is 22.8 Å². The van der Waals surface area contributed by atoms with Crippen molar-refractivity contribution in [3.05, 3.63) is 60.5 Å². The van der Waals surface area contributed by atoms with Gasteiger partial charge < -0.3 is 24.1 Å².